The molecular weight excluding hydrogens is 534 g/mol. The first-order valence-corrected chi connectivity index (χ1v) is 12.2. The van der Waals surface area contributed by atoms with E-state index >= 15 is 0 Å². The maximum atomic E-state index is 14.8. The van der Waals surface area contributed by atoms with Gasteiger partial charge in [-0.2, -0.15) is 10.1 Å². The minimum atomic E-state index is -0.692. The number of benzene rings is 3. The minimum Gasteiger partial charge on any atom is -0.457 e. The lowest BCUT2D eigenvalue weighted by Crippen LogP contribution is -2.19. The van der Waals surface area contributed by atoms with Crippen molar-refractivity contribution in [1.29, 1.82) is 0 Å². The van der Waals surface area contributed by atoms with Gasteiger partial charge in [0.2, 0.25) is 0 Å². The summed E-state index contributed by atoms with van der Waals surface area (Å²) in [7, 11) is 1.80. The molecule has 0 atom stereocenters. The van der Waals surface area contributed by atoms with Crippen LogP contribution in [0.3, 0.4) is 0 Å². The highest BCUT2D eigenvalue weighted by Gasteiger charge is 2.13. The Morgan fingerprint density at radius 1 is 0.902 bits per heavy atom. The van der Waals surface area contributed by atoms with E-state index in [2.05, 4.69) is 25.7 Å². The van der Waals surface area contributed by atoms with Crippen LogP contribution in [0, 0.1) is 11.6 Å². The number of hydrogen-bond acceptors (Lipinski definition) is 7. The van der Waals surface area contributed by atoms with Crippen LogP contribution in [0.1, 0.15) is 0 Å². The summed E-state index contributed by atoms with van der Waals surface area (Å²) in [6, 6.07) is 17.0. The molecule has 0 aliphatic heterocycles. The number of nitrogens with zero attached hydrogens (tertiary/aromatic N) is 4. The molecule has 204 valence electrons. The quantitative estimate of drug-likeness (QED) is 0.216. The Balaban J connectivity index is 1.09. The number of pyridine rings is 1. The number of oxazole rings is 1. The Labute approximate surface area is 231 Å². The second-order valence-corrected chi connectivity index (χ2v) is 8.81. The minimum absolute atomic E-state index is 0.0306. The number of anilines is 2. The Morgan fingerprint density at radius 3 is 2.49 bits per heavy atom. The van der Waals surface area contributed by atoms with Crippen molar-refractivity contribution in [2.75, 3.05) is 10.6 Å². The molecule has 12 heteroatoms. The van der Waals surface area contributed by atoms with Gasteiger partial charge in [0.1, 0.15) is 28.6 Å². The van der Waals surface area contributed by atoms with Crippen LogP contribution in [-0.2, 0) is 7.05 Å². The average Bonchev–Trinajstić information content (AvgIpc) is 3.57. The molecule has 0 aliphatic rings. The Kier molecular flexibility index (Phi) is 6.70. The van der Waals surface area contributed by atoms with Gasteiger partial charge in [0.05, 0.1) is 11.9 Å². The molecule has 2 N–H and O–H groups in total. The van der Waals surface area contributed by atoms with E-state index in [1.54, 1.807) is 60.7 Å². The van der Waals surface area contributed by atoms with Crippen molar-refractivity contribution in [3.05, 3.63) is 103 Å². The van der Waals surface area contributed by atoms with Crippen molar-refractivity contribution in [2.45, 2.75) is 0 Å². The number of fused-ring (bicyclic) bond motifs is 1. The molecule has 0 saturated carbocycles. The van der Waals surface area contributed by atoms with Crippen molar-refractivity contribution in [3.8, 4) is 34.3 Å². The van der Waals surface area contributed by atoms with E-state index in [9.17, 15) is 13.6 Å². The summed E-state index contributed by atoms with van der Waals surface area (Å²) < 4.78 is 46.6. The molecule has 41 heavy (non-hydrogen) atoms. The summed E-state index contributed by atoms with van der Waals surface area (Å²) in [5.74, 6) is 0.189. The van der Waals surface area contributed by atoms with E-state index in [-0.39, 0.29) is 23.3 Å². The molecule has 2 amide bonds. The molecule has 3 aromatic heterocycles. The lowest BCUT2D eigenvalue weighted by atomic mass is 10.2. The van der Waals surface area contributed by atoms with Crippen LogP contribution in [0.4, 0.5) is 25.3 Å². The topological polar surface area (TPSA) is 116 Å². The molecule has 0 spiro atoms. The van der Waals surface area contributed by atoms with Crippen LogP contribution in [0.25, 0.3) is 22.4 Å². The zero-order chi connectivity index (χ0) is 28.3. The number of carbonyl (C=O) groups is 1. The number of rotatable bonds is 7. The van der Waals surface area contributed by atoms with Crippen LogP contribution in [-0.4, -0.2) is 25.8 Å². The Morgan fingerprint density at radius 2 is 1.71 bits per heavy atom. The third-order valence-electron chi connectivity index (χ3n) is 5.78. The number of nitrogens with one attached hydrogen (secondary N) is 2. The van der Waals surface area contributed by atoms with Gasteiger partial charge >= 0.3 is 12.0 Å². The average molecular weight is 555 g/mol. The van der Waals surface area contributed by atoms with Gasteiger partial charge in [-0.15, -0.1) is 0 Å². The zero-order valence-corrected chi connectivity index (χ0v) is 21.3. The third-order valence-corrected chi connectivity index (χ3v) is 5.78. The van der Waals surface area contributed by atoms with Gasteiger partial charge in [-0.05, 0) is 54.6 Å². The van der Waals surface area contributed by atoms with Crippen LogP contribution < -0.4 is 20.1 Å². The van der Waals surface area contributed by atoms with Crippen LogP contribution >= 0.6 is 0 Å². The van der Waals surface area contributed by atoms with Gasteiger partial charge in [-0.25, -0.2) is 13.6 Å². The second kappa shape index (κ2) is 10.8. The summed E-state index contributed by atoms with van der Waals surface area (Å²) in [6.45, 7) is 0. The fraction of sp³-hybridized carbons (Fsp3) is 0.0345. The van der Waals surface area contributed by atoms with E-state index in [1.807, 2.05) is 0 Å². The van der Waals surface area contributed by atoms with Crippen LogP contribution in [0.5, 0.6) is 23.0 Å². The molecule has 6 rings (SSSR count). The van der Waals surface area contributed by atoms with Crippen molar-refractivity contribution < 1.29 is 27.5 Å². The summed E-state index contributed by atoms with van der Waals surface area (Å²) in [4.78, 5) is 21.0. The first-order valence-electron chi connectivity index (χ1n) is 12.2. The highest BCUT2D eigenvalue weighted by atomic mass is 19.1. The normalized spacial score (nSPS) is 10.9. The second-order valence-electron chi connectivity index (χ2n) is 8.81. The van der Waals surface area contributed by atoms with Gasteiger partial charge in [-0.3, -0.25) is 15.0 Å². The van der Waals surface area contributed by atoms with E-state index < -0.39 is 11.8 Å². The van der Waals surface area contributed by atoms with Gasteiger partial charge in [0.25, 0.3) is 0 Å². The van der Waals surface area contributed by atoms with Crippen molar-refractivity contribution >= 4 is 28.8 Å². The molecule has 6 aromatic rings. The maximum Gasteiger partial charge on any atom is 0.327 e. The molecule has 3 aromatic carbocycles. The Bertz CT molecular complexity index is 1870. The molecule has 0 aliphatic carbocycles. The number of carbonyl (C=O) groups excluding carboxylic acids is 1. The van der Waals surface area contributed by atoms with E-state index in [0.29, 0.717) is 34.0 Å². The smallest absolute Gasteiger partial charge is 0.327 e. The van der Waals surface area contributed by atoms with Gasteiger partial charge in [-0.1, -0.05) is 0 Å². The maximum absolute atomic E-state index is 14.8. The molecule has 0 fully saturated rings. The largest absolute Gasteiger partial charge is 0.457 e. The first-order chi connectivity index (χ1) is 19.9. The number of halogens is 2. The number of ether oxygens (including phenoxy) is 2. The molecule has 10 nitrogen and oxygen atoms in total. The Hall–Kier alpha value is -5.78. The predicted octanol–water partition coefficient (Wildman–Crippen LogP) is 7.13. The third kappa shape index (κ3) is 5.96. The number of amides is 2. The summed E-state index contributed by atoms with van der Waals surface area (Å²) in [5, 5.41) is 9.13. The standard InChI is InChI=1S/C29H20F2N6O4/c1-37-16-17(15-33-37)25-13-22(10-11-32-25)40-26-9-4-19(12-23(26)31)34-28(38)36-29-35-24-8-7-21(14-27(24)41-29)39-20-5-2-18(30)3-6-20/h2-16H,1H3,(H2,34,35,36,38). The van der Waals surface area contributed by atoms with Crippen LogP contribution in [0.15, 0.2) is 95.8 Å². The summed E-state index contributed by atoms with van der Waals surface area (Å²) in [5.41, 5.74) is 2.44. The zero-order valence-electron chi connectivity index (χ0n) is 21.3. The van der Waals surface area contributed by atoms with E-state index in [4.69, 9.17) is 13.9 Å². The van der Waals surface area contributed by atoms with E-state index in [1.165, 1.54) is 36.4 Å². The monoisotopic (exact) mass is 554 g/mol. The highest BCUT2D eigenvalue weighted by Crippen LogP contribution is 2.30. The highest BCUT2D eigenvalue weighted by molar-refractivity contribution is 5.99. The lowest BCUT2D eigenvalue weighted by Gasteiger charge is -2.10. The lowest BCUT2D eigenvalue weighted by molar-refractivity contribution is 0.261. The summed E-state index contributed by atoms with van der Waals surface area (Å²) >= 11 is 0. The first kappa shape index (κ1) is 25.5. The SMILES string of the molecule is Cn1cc(-c2cc(Oc3ccc(NC(=O)Nc4nc5ccc(Oc6ccc(F)cc6)cc5o4)cc3F)ccn2)cn1. The predicted molar refractivity (Wildman–Crippen MR) is 146 cm³/mol. The molecular formula is C29H20F2N6O4. The van der Waals surface area contributed by atoms with Gasteiger partial charge < -0.3 is 19.2 Å². The van der Waals surface area contributed by atoms with Crippen molar-refractivity contribution in [1.82, 2.24) is 19.7 Å². The molecule has 0 radical (unpaired) electrons. The van der Waals surface area contributed by atoms with Crippen molar-refractivity contribution in [2.24, 2.45) is 7.05 Å². The fourth-order valence-electron chi connectivity index (χ4n) is 3.89. The fourth-order valence-corrected chi connectivity index (χ4v) is 3.89. The van der Waals surface area contributed by atoms with Gasteiger partial charge in [0, 0.05) is 48.9 Å². The van der Waals surface area contributed by atoms with Crippen molar-refractivity contribution in [3.63, 3.8) is 0 Å². The molecule has 0 unspecified atom stereocenters. The number of aromatic nitrogens is 4. The number of hydrogen-bond donors (Lipinski definition) is 2. The number of urea groups is 1. The molecule has 0 bridgehead atoms. The van der Waals surface area contributed by atoms with Crippen LogP contribution in [0.2, 0.25) is 0 Å². The van der Waals surface area contributed by atoms with Gasteiger partial charge in [0.15, 0.2) is 17.1 Å². The van der Waals surface area contributed by atoms with E-state index in [0.717, 1.165) is 11.6 Å². The molecule has 3 heterocycles. The summed E-state index contributed by atoms with van der Waals surface area (Å²) in [6.07, 6.45) is 5.03. The molecule has 0 saturated heterocycles. The number of aryl methyl sites for hydroxylation is 1.